The van der Waals surface area contributed by atoms with Crippen molar-refractivity contribution in [2.75, 3.05) is 5.73 Å². The lowest BCUT2D eigenvalue weighted by atomic mass is 10.0. The number of aromatic nitrogens is 1. The topological polar surface area (TPSA) is 65.6 Å². The number of hydrogen-bond acceptors (Lipinski definition) is 2. The summed E-state index contributed by atoms with van der Waals surface area (Å²) in [7, 11) is 0. The summed E-state index contributed by atoms with van der Waals surface area (Å²) in [5, 5.41) is 8.83. The maximum atomic E-state index is 8.83. The van der Waals surface area contributed by atoms with Crippen molar-refractivity contribution in [1.29, 1.82) is 5.26 Å². The van der Waals surface area contributed by atoms with E-state index in [9.17, 15) is 0 Å². The highest BCUT2D eigenvalue weighted by Gasteiger charge is 2.06. The Labute approximate surface area is 94.5 Å². The van der Waals surface area contributed by atoms with Crippen LogP contribution < -0.4 is 5.73 Å². The number of nitrogen functional groups attached to an aromatic ring is 1. The molecule has 3 nitrogen and oxygen atoms in total. The molecule has 0 atom stereocenters. The van der Waals surface area contributed by atoms with E-state index in [4.69, 9.17) is 11.0 Å². The number of benzene rings is 1. The molecule has 3 N–H and O–H groups in total. The molecule has 80 valence electrons. The normalized spacial score (nSPS) is 10.1. The summed E-state index contributed by atoms with van der Waals surface area (Å²) in [6.45, 7) is 4.14. The van der Waals surface area contributed by atoms with Crippen molar-refractivity contribution in [3.8, 4) is 17.3 Å². The number of nitrogens with two attached hydrogens (primary N) is 1. The van der Waals surface area contributed by atoms with Crippen LogP contribution in [0.1, 0.15) is 16.7 Å². The van der Waals surface area contributed by atoms with Gasteiger partial charge < -0.3 is 10.7 Å². The van der Waals surface area contributed by atoms with Crippen LogP contribution in [0.15, 0.2) is 24.3 Å². The number of nitrogens with one attached hydrogen (secondary N) is 1. The molecule has 0 aliphatic heterocycles. The Bertz CT molecular complexity index is 573. The molecular formula is C13H13N3. The van der Waals surface area contributed by atoms with Crippen LogP contribution in [-0.4, -0.2) is 4.98 Å². The fourth-order valence-electron chi connectivity index (χ4n) is 1.63. The van der Waals surface area contributed by atoms with Gasteiger partial charge in [-0.15, -0.1) is 0 Å². The number of hydrogen-bond donors (Lipinski definition) is 2. The maximum Gasteiger partial charge on any atom is 0.119 e. The highest BCUT2D eigenvalue weighted by atomic mass is 14.9. The van der Waals surface area contributed by atoms with E-state index in [1.54, 1.807) is 6.07 Å². The molecule has 0 unspecified atom stereocenters. The van der Waals surface area contributed by atoms with Crippen LogP contribution >= 0.6 is 0 Å². The van der Waals surface area contributed by atoms with Gasteiger partial charge in [0.25, 0.3) is 0 Å². The summed E-state index contributed by atoms with van der Waals surface area (Å²) in [5.41, 5.74) is 10.6. The molecule has 0 amide bonds. The van der Waals surface area contributed by atoms with Crippen molar-refractivity contribution in [3.63, 3.8) is 0 Å². The summed E-state index contributed by atoms with van der Waals surface area (Å²) in [4.78, 5) is 3.01. The molecule has 0 aliphatic rings. The SMILES string of the molecule is Cc1ccc(-c2cc(C#N)c(N)[nH]2)cc1C. The van der Waals surface area contributed by atoms with Gasteiger partial charge in [-0.25, -0.2) is 0 Å². The molecule has 0 fully saturated rings. The zero-order chi connectivity index (χ0) is 11.7. The number of nitrogens with zero attached hydrogens (tertiary/aromatic N) is 1. The van der Waals surface area contributed by atoms with Crippen molar-refractivity contribution in [1.82, 2.24) is 4.98 Å². The zero-order valence-electron chi connectivity index (χ0n) is 9.33. The third kappa shape index (κ3) is 1.66. The maximum absolute atomic E-state index is 8.83. The monoisotopic (exact) mass is 211 g/mol. The van der Waals surface area contributed by atoms with Crippen LogP contribution in [-0.2, 0) is 0 Å². The van der Waals surface area contributed by atoms with Gasteiger partial charge in [-0.1, -0.05) is 12.1 Å². The first-order chi connectivity index (χ1) is 7.61. The summed E-state index contributed by atoms with van der Waals surface area (Å²) in [6.07, 6.45) is 0. The van der Waals surface area contributed by atoms with Crippen LogP contribution in [0.2, 0.25) is 0 Å². The van der Waals surface area contributed by atoms with E-state index in [1.165, 1.54) is 11.1 Å². The Morgan fingerprint density at radius 3 is 2.50 bits per heavy atom. The fourth-order valence-corrected chi connectivity index (χ4v) is 1.63. The third-order valence-corrected chi connectivity index (χ3v) is 2.79. The molecule has 0 saturated heterocycles. The summed E-state index contributed by atoms with van der Waals surface area (Å²) < 4.78 is 0. The lowest BCUT2D eigenvalue weighted by Crippen LogP contribution is -1.87. The van der Waals surface area contributed by atoms with Crippen molar-refractivity contribution in [2.24, 2.45) is 0 Å². The van der Waals surface area contributed by atoms with E-state index < -0.39 is 0 Å². The molecular weight excluding hydrogens is 198 g/mol. The second kappa shape index (κ2) is 3.74. The number of anilines is 1. The van der Waals surface area contributed by atoms with Crippen LogP contribution in [0.25, 0.3) is 11.3 Å². The van der Waals surface area contributed by atoms with Gasteiger partial charge in [-0.05, 0) is 42.7 Å². The minimum atomic E-state index is 0.427. The van der Waals surface area contributed by atoms with Crippen molar-refractivity contribution in [2.45, 2.75) is 13.8 Å². The molecule has 0 bridgehead atoms. The summed E-state index contributed by atoms with van der Waals surface area (Å²) in [5.74, 6) is 0.427. The predicted octanol–water partition coefficient (Wildman–Crippen LogP) is 2.75. The van der Waals surface area contributed by atoms with Crippen molar-refractivity contribution >= 4 is 5.82 Å². The summed E-state index contributed by atoms with van der Waals surface area (Å²) >= 11 is 0. The minimum absolute atomic E-state index is 0.427. The summed E-state index contributed by atoms with van der Waals surface area (Å²) in [6, 6.07) is 10.0. The van der Waals surface area contributed by atoms with Crippen molar-refractivity contribution in [3.05, 3.63) is 41.0 Å². The van der Waals surface area contributed by atoms with Gasteiger partial charge in [0.15, 0.2) is 0 Å². The number of aryl methyl sites for hydroxylation is 2. The smallest absolute Gasteiger partial charge is 0.119 e. The number of nitriles is 1. The standard InChI is InChI=1S/C13H13N3/c1-8-3-4-10(5-9(8)2)12-6-11(7-14)13(15)16-12/h3-6,16H,15H2,1-2H3. The van der Waals surface area contributed by atoms with E-state index in [2.05, 4.69) is 37.0 Å². The van der Waals surface area contributed by atoms with Gasteiger partial charge >= 0.3 is 0 Å². The highest BCUT2D eigenvalue weighted by molar-refractivity contribution is 5.68. The molecule has 3 heteroatoms. The van der Waals surface area contributed by atoms with E-state index in [-0.39, 0.29) is 0 Å². The van der Waals surface area contributed by atoms with Gasteiger partial charge in [0.2, 0.25) is 0 Å². The van der Waals surface area contributed by atoms with E-state index in [0.29, 0.717) is 11.4 Å². The predicted molar refractivity (Wildman–Crippen MR) is 64.8 cm³/mol. The van der Waals surface area contributed by atoms with Crippen molar-refractivity contribution < 1.29 is 0 Å². The highest BCUT2D eigenvalue weighted by Crippen LogP contribution is 2.24. The van der Waals surface area contributed by atoms with Crippen LogP contribution in [0.4, 0.5) is 5.82 Å². The average molecular weight is 211 g/mol. The first-order valence-electron chi connectivity index (χ1n) is 5.08. The molecule has 2 aromatic rings. The average Bonchev–Trinajstić information content (AvgIpc) is 2.64. The number of H-pyrrole nitrogens is 1. The van der Waals surface area contributed by atoms with Gasteiger partial charge in [-0.3, -0.25) is 0 Å². The quantitative estimate of drug-likeness (QED) is 0.761. The van der Waals surface area contributed by atoms with Crippen LogP contribution in [0.5, 0.6) is 0 Å². The Kier molecular flexibility index (Phi) is 2.41. The molecule has 0 radical (unpaired) electrons. The van der Waals surface area contributed by atoms with E-state index in [0.717, 1.165) is 11.3 Å². The Morgan fingerprint density at radius 2 is 1.94 bits per heavy atom. The van der Waals surface area contributed by atoms with Gasteiger partial charge in [0.1, 0.15) is 11.9 Å². The first-order valence-corrected chi connectivity index (χ1v) is 5.08. The second-order valence-corrected chi connectivity index (χ2v) is 3.92. The number of rotatable bonds is 1. The van der Waals surface area contributed by atoms with Gasteiger partial charge in [-0.2, -0.15) is 5.26 Å². The minimum Gasteiger partial charge on any atom is -0.384 e. The molecule has 1 aromatic heterocycles. The molecule has 0 aliphatic carbocycles. The zero-order valence-corrected chi connectivity index (χ0v) is 9.33. The van der Waals surface area contributed by atoms with Crippen LogP contribution in [0, 0.1) is 25.2 Å². The second-order valence-electron chi connectivity index (χ2n) is 3.92. The lowest BCUT2D eigenvalue weighted by molar-refractivity contribution is 1.32. The van der Waals surface area contributed by atoms with Gasteiger partial charge in [0.05, 0.1) is 5.56 Å². The first kappa shape index (κ1) is 10.3. The van der Waals surface area contributed by atoms with Crippen LogP contribution in [0.3, 0.4) is 0 Å². The lowest BCUT2D eigenvalue weighted by Gasteiger charge is -2.03. The fraction of sp³-hybridized carbons (Fsp3) is 0.154. The Balaban J connectivity index is 2.51. The van der Waals surface area contributed by atoms with E-state index in [1.807, 2.05) is 6.07 Å². The largest absolute Gasteiger partial charge is 0.384 e. The molecule has 0 spiro atoms. The third-order valence-electron chi connectivity index (χ3n) is 2.79. The Hall–Kier alpha value is -2.21. The Morgan fingerprint density at radius 1 is 1.19 bits per heavy atom. The van der Waals surface area contributed by atoms with Gasteiger partial charge in [0, 0.05) is 5.69 Å². The molecule has 2 rings (SSSR count). The molecule has 1 heterocycles. The molecule has 0 saturated carbocycles. The van der Waals surface area contributed by atoms with E-state index >= 15 is 0 Å². The molecule has 16 heavy (non-hydrogen) atoms. The molecule has 1 aromatic carbocycles. The number of aromatic amines is 1.